The van der Waals surface area contributed by atoms with Gasteiger partial charge in [-0.2, -0.15) is 0 Å². The van der Waals surface area contributed by atoms with E-state index in [1.807, 2.05) is 37.3 Å². The first-order valence-corrected chi connectivity index (χ1v) is 8.44. The minimum atomic E-state index is -0.436. The van der Waals surface area contributed by atoms with Crippen LogP contribution in [0.1, 0.15) is 29.3 Å². The molecule has 0 saturated heterocycles. The maximum atomic E-state index is 13.0. The summed E-state index contributed by atoms with van der Waals surface area (Å²) in [6.45, 7) is 6.74. The summed E-state index contributed by atoms with van der Waals surface area (Å²) in [6, 6.07) is 16.6. The van der Waals surface area contributed by atoms with Crippen LogP contribution in [-0.4, -0.2) is 29.9 Å². The van der Waals surface area contributed by atoms with E-state index in [1.165, 1.54) is 0 Å². The quantitative estimate of drug-likeness (QED) is 0.705. The number of ether oxygens (including phenoxy) is 1. The van der Waals surface area contributed by atoms with Crippen LogP contribution >= 0.6 is 0 Å². The van der Waals surface area contributed by atoms with Gasteiger partial charge in [-0.1, -0.05) is 43.0 Å². The van der Waals surface area contributed by atoms with Crippen LogP contribution in [0.15, 0.2) is 66.7 Å². The van der Waals surface area contributed by atoms with E-state index in [0.717, 1.165) is 11.1 Å². The highest BCUT2D eigenvalue weighted by Gasteiger charge is 2.17. The van der Waals surface area contributed by atoms with Crippen LogP contribution in [0.2, 0.25) is 0 Å². The largest absolute Gasteiger partial charge is 0.489 e. The molecule has 0 bridgehead atoms. The van der Waals surface area contributed by atoms with Gasteiger partial charge in [0.2, 0.25) is 5.91 Å². The van der Waals surface area contributed by atoms with Crippen molar-refractivity contribution in [2.75, 3.05) is 13.2 Å². The highest BCUT2D eigenvalue weighted by Crippen LogP contribution is 2.17. The lowest BCUT2D eigenvalue weighted by molar-refractivity contribution is -0.118. The number of primary amides is 1. The average Bonchev–Trinajstić information content (AvgIpc) is 2.64. The van der Waals surface area contributed by atoms with E-state index in [4.69, 9.17) is 10.5 Å². The van der Waals surface area contributed by atoms with E-state index in [9.17, 15) is 9.59 Å². The second-order valence-corrected chi connectivity index (χ2v) is 6.20. The number of amides is 2. The Balaban J connectivity index is 2.17. The third kappa shape index (κ3) is 6.09. The molecule has 0 heterocycles. The number of carbonyl (C=O) groups excluding carboxylic acids is 2. The lowest BCUT2D eigenvalue weighted by atomic mass is 10.1. The zero-order valence-electron chi connectivity index (χ0n) is 15.0. The molecule has 0 spiro atoms. The normalized spacial score (nSPS) is 10.2. The van der Waals surface area contributed by atoms with Crippen molar-refractivity contribution in [2.24, 2.45) is 5.73 Å². The number of hydrogen-bond donors (Lipinski definition) is 1. The molecule has 0 aromatic heterocycles. The second kappa shape index (κ2) is 9.42. The van der Waals surface area contributed by atoms with Crippen molar-refractivity contribution in [1.82, 2.24) is 4.90 Å². The Morgan fingerprint density at radius 2 is 1.85 bits per heavy atom. The van der Waals surface area contributed by atoms with E-state index >= 15 is 0 Å². The van der Waals surface area contributed by atoms with Gasteiger partial charge in [0.25, 0.3) is 5.91 Å². The molecule has 0 fully saturated rings. The summed E-state index contributed by atoms with van der Waals surface area (Å²) in [5.74, 6) is -0.00121. The summed E-state index contributed by atoms with van der Waals surface area (Å²) in [5.41, 5.74) is 7.65. The van der Waals surface area contributed by atoms with Crippen LogP contribution in [0.25, 0.3) is 0 Å². The summed E-state index contributed by atoms with van der Waals surface area (Å²) in [7, 11) is 0. The Labute approximate surface area is 154 Å². The van der Waals surface area contributed by atoms with Gasteiger partial charge in [-0.15, -0.1) is 0 Å². The minimum Gasteiger partial charge on any atom is -0.489 e. The first kappa shape index (κ1) is 19.2. The highest BCUT2D eigenvalue weighted by molar-refractivity contribution is 5.94. The molecule has 2 rings (SSSR count). The molecule has 136 valence electrons. The van der Waals surface area contributed by atoms with Crippen molar-refractivity contribution >= 4 is 11.8 Å². The molecule has 0 aliphatic rings. The van der Waals surface area contributed by atoms with Gasteiger partial charge in [0.05, 0.1) is 0 Å². The van der Waals surface area contributed by atoms with E-state index in [2.05, 4.69) is 6.58 Å². The molecule has 2 aromatic rings. The van der Waals surface area contributed by atoms with Crippen LogP contribution in [0.3, 0.4) is 0 Å². The lowest BCUT2D eigenvalue weighted by Gasteiger charge is -2.23. The van der Waals surface area contributed by atoms with Gasteiger partial charge < -0.3 is 15.4 Å². The highest BCUT2D eigenvalue weighted by atomic mass is 16.5. The zero-order chi connectivity index (χ0) is 18.9. The van der Waals surface area contributed by atoms with Gasteiger partial charge in [0.15, 0.2) is 0 Å². The first-order chi connectivity index (χ1) is 12.5. The van der Waals surface area contributed by atoms with Crippen LogP contribution in [-0.2, 0) is 11.3 Å². The molecule has 2 aromatic carbocycles. The molecule has 0 atom stereocenters. The molecule has 0 aliphatic heterocycles. The Kier molecular flexibility index (Phi) is 6.97. The van der Waals surface area contributed by atoms with Crippen molar-refractivity contribution in [3.8, 4) is 5.75 Å². The van der Waals surface area contributed by atoms with Crippen LogP contribution in [0, 0.1) is 0 Å². The summed E-state index contributed by atoms with van der Waals surface area (Å²) < 4.78 is 5.61. The van der Waals surface area contributed by atoms with E-state index in [-0.39, 0.29) is 18.9 Å². The topological polar surface area (TPSA) is 72.6 Å². The van der Waals surface area contributed by atoms with Crippen molar-refractivity contribution in [3.63, 3.8) is 0 Å². The maximum absolute atomic E-state index is 13.0. The zero-order valence-corrected chi connectivity index (χ0v) is 15.0. The van der Waals surface area contributed by atoms with Gasteiger partial charge in [0, 0.05) is 25.1 Å². The number of hydrogen-bond acceptors (Lipinski definition) is 3. The van der Waals surface area contributed by atoms with Gasteiger partial charge in [-0.25, -0.2) is 0 Å². The minimum absolute atomic E-state index is 0.115. The van der Waals surface area contributed by atoms with Crippen molar-refractivity contribution < 1.29 is 14.3 Å². The smallest absolute Gasteiger partial charge is 0.254 e. The first-order valence-electron chi connectivity index (χ1n) is 8.44. The Morgan fingerprint density at radius 1 is 1.12 bits per heavy atom. The van der Waals surface area contributed by atoms with Gasteiger partial charge in [0.1, 0.15) is 12.4 Å². The fourth-order valence-corrected chi connectivity index (χ4v) is 2.41. The van der Waals surface area contributed by atoms with Gasteiger partial charge in [-0.05, 0) is 36.3 Å². The summed E-state index contributed by atoms with van der Waals surface area (Å²) in [5, 5.41) is 0. The van der Waals surface area contributed by atoms with Crippen molar-refractivity contribution in [1.29, 1.82) is 0 Å². The Morgan fingerprint density at radius 3 is 2.50 bits per heavy atom. The third-order valence-corrected chi connectivity index (χ3v) is 3.70. The molecule has 2 amide bonds. The fourth-order valence-electron chi connectivity index (χ4n) is 2.41. The molecule has 5 heteroatoms. The molecule has 0 unspecified atom stereocenters. The number of rotatable bonds is 9. The fraction of sp³-hybridized carbons (Fsp3) is 0.238. The number of carbonyl (C=O) groups is 2. The van der Waals surface area contributed by atoms with Crippen LogP contribution < -0.4 is 10.5 Å². The van der Waals surface area contributed by atoms with Crippen molar-refractivity contribution in [3.05, 3.63) is 77.9 Å². The predicted octanol–water partition coefficient (Wildman–Crippen LogP) is 3.16. The van der Waals surface area contributed by atoms with Crippen LogP contribution in [0.5, 0.6) is 5.75 Å². The molecular formula is C21H24N2O3. The molecule has 0 aliphatic carbocycles. The van der Waals surface area contributed by atoms with Gasteiger partial charge >= 0.3 is 0 Å². The lowest BCUT2D eigenvalue weighted by Crippen LogP contribution is -2.33. The van der Waals surface area contributed by atoms with E-state index < -0.39 is 5.91 Å². The average molecular weight is 352 g/mol. The SMILES string of the molecule is C=C(C)COc1cccc(C(=O)N(CCC(N)=O)Cc2ccccc2)c1. The summed E-state index contributed by atoms with van der Waals surface area (Å²) >= 11 is 0. The van der Waals surface area contributed by atoms with Crippen molar-refractivity contribution in [2.45, 2.75) is 19.9 Å². The molecule has 0 radical (unpaired) electrons. The Bertz CT molecular complexity index is 772. The summed E-state index contributed by atoms with van der Waals surface area (Å²) in [6.07, 6.45) is 0.115. The third-order valence-electron chi connectivity index (χ3n) is 3.70. The van der Waals surface area contributed by atoms with E-state index in [0.29, 0.717) is 24.5 Å². The number of nitrogens with zero attached hydrogens (tertiary/aromatic N) is 1. The monoisotopic (exact) mass is 352 g/mol. The Hall–Kier alpha value is -3.08. The molecule has 0 saturated carbocycles. The molecule has 5 nitrogen and oxygen atoms in total. The molecular weight excluding hydrogens is 328 g/mol. The predicted molar refractivity (Wildman–Crippen MR) is 102 cm³/mol. The van der Waals surface area contributed by atoms with Gasteiger partial charge in [-0.3, -0.25) is 9.59 Å². The number of nitrogens with two attached hydrogens (primary N) is 1. The molecule has 26 heavy (non-hydrogen) atoms. The number of benzene rings is 2. The standard InChI is InChI=1S/C21H24N2O3/c1-16(2)15-26-19-10-6-9-18(13-19)21(25)23(12-11-20(22)24)14-17-7-4-3-5-8-17/h3-10,13H,1,11-12,14-15H2,2H3,(H2,22,24). The summed E-state index contributed by atoms with van der Waals surface area (Å²) in [4.78, 5) is 25.8. The van der Waals surface area contributed by atoms with Crippen LogP contribution in [0.4, 0.5) is 0 Å². The maximum Gasteiger partial charge on any atom is 0.254 e. The second-order valence-electron chi connectivity index (χ2n) is 6.20. The van der Waals surface area contributed by atoms with E-state index in [1.54, 1.807) is 29.2 Å². The molecule has 2 N–H and O–H groups in total.